The third-order valence-corrected chi connectivity index (χ3v) is 2.95. The summed E-state index contributed by atoms with van der Waals surface area (Å²) in [5.41, 5.74) is -0.387. The molecular formula is C12H12N2O4. The molecule has 0 spiro atoms. The van der Waals surface area contributed by atoms with Gasteiger partial charge in [-0.05, 0) is 19.4 Å². The van der Waals surface area contributed by atoms with Gasteiger partial charge in [0.1, 0.15) is 5.92 Å². The molecule has 0 aliphatic heterocycles. The second kappa shape index (κ2) is 4.64. The van der Waals surface area contributed by atoms with Crippen molar-refractivity contribution >= 4 is 17.3 Å². The molecule has 1 aliphatic rings. The van der Waals surface area contributed by atoms with Crippen LogP contribution in [0.25, 0.3) is 0 Å². The molecule has 1 fully saturated rings. The first kappa shape index (κ1) is 12.3. The van der Waals surface area contributed by atoms with E-state index in [1.807, 2.05) is 0 Å². The Morgan fingerprint density at radius 1 is 1.28 bits per heavy atom. The minimum atomic E-state index is -1.30. The van der Waals surface area contributed by atoms with Crippen LogP contribution in [0.15, 0.2) is 10.9 Å². The topological polar surface area (TPSA) is 97.0 Å². The number of carbonyl (C=O) groups excluding carboxylic acids is 3. The largest absolute Gasteiger partial charge is 0.298 e. The molecule has 0 unspecified atom stereocenters. The maximum Gasteiger partial charge on any atom is 0.275 e. The van der Waals surface area contributed by atoms with E-state index in [0.717, 1.165) is 0 Å². The first-order valence-corrected chi connectivity index (χ1v) is 5.66. The number of aryl methyl sites for hydroxylation is 1. The number of H-pyrrole nitrogens is 1. The van der Waals surface area contributed by atoms with E-state index in [0.29, 0.717) is 12.1 Å². The number of hydrogen-bond donors (Lipinski definition) is 1. The number of aromatic nitrogens is 2. The Bertz CT molecular complexity index is 572. The number of hydrogen-bond acceptors (Lipinski definition) is 5. The van der Waals surface area contributed by atoms with Crippen LogP contribution >= 0.6 is 0 Å². The molecule has 1 heterocycles. The van der Waals surface area contributed by atoms with Crippen molar-refractivity contribution in [2.45, 2.75) is 26.2 Å². The quantitative estimate of drug-likeness (QED) is 0.595. The van der Waals surface area contributed by atoms with Gasteiger partial charge in [0.05, 0.1) is 11.3 Å². The molecule has 94 valence electrons. The van der Waals surface area contributed by atoms with E-state index in [4.69, 9.17) is 0 Å². The number of Topliss-reactive ketones (excluding diaryl/α,β-unsaturated/α-hetero) is 3. The molecule has 2 rings (SSSR count). The minimum Gasteiger partial charge on any atom is -0.298 e. The number of aromatic amines is 1. The maximum absolute atomic E-state index is 12.1. The van der Waals surface area contributed by atoms with Gasteiger partial charge in [-0.2, -0.15) is 5.10 Å². The van der Waals surface area contributed by atoms with Crippen LogP contribution in [0.3, 0.4) is 0 Å². The highest BCUT2D eigenvalue weighted by Gasteiger charge is 2.37. The van der Waals surface area contributed by atoms with Crippen molar-refractivity contribution in [2.24, 2.45) is 5.92 Å². The zero-order chi connectivity index (χ0) is 13.3. The van der Waals surface area contributed by atoms with Gasteiger partial charge in [0, 0.05) is 12.8 Å². The number of nitrogens with one attached hydrogen (secondary N) is 1. The lowest BCUT2D eigenvalue weighted by molar-refractivity contribution is -0.133. The first-order chi connectivity index (χ1) is 8.50. The van der Waals surface area contributed by atoms with E-state index in [2.05, 4.69) is 10.2 Å². The molecule has 1 aliphatic carbocycles. The van der Waals surface area contributed by atoms with E-state index < -0.39 is 28.8 Å². The summed E-state index contributed by atoms with van der Waals surface area (Å²) in [6.45, 7) is 1.61. The fourth-order valence-corrected chi connectivity index (χ4v) is 2.04. The van der Waals surface area contributed by atoms with E-state index in [-0.39, 0.29) is 18.4 Å². The van der Waals surface area contributed by atoms with Crippen molar-refractivity contribution in [1.29, 1.82) is 0 Å². The average Bonchev–Trinajstić information content (AvgIpc) is 2.32. The van der Waals surface area contributed by atoms with Crippen molar-refractivity contribution in [3.05, 3.63) is 27.7 Å². The lowest BCUT2D eigenvalue weighted by Gasteiger charge is -2.17. The Hall–Kier alpha value is -2.11. The minimum absolute atomic E-state index is 0.170. The van der Waals surface area contributed by atoms with Gasteiger partial charge >= 0.3 is 0 Å². The van der Waals surface area contributed by atoms with Crippen LogP contribution in [0, 0.1) is 12.8 Å². The highest BCUT2D eigenvalue weighted by molar-refractivity contribution is 6.24. The standard InChI is InChI=1S/C12H12N2O4/c1-6-5-7(12(18)14-13-6)11(17)10-8(15)3-2-4-9(10)16/h5,10H,2-4H2,1H3,(H,14,18). The molecular weight excluding hydrogens is 236 g/mol. The van der Waals surface area contributed by atoms with Gasteiger partial charge in [-0.3, -0.25) is 19.2 Å². The van der Waals surface area contributed by atoms with Gasteiger partial charge in [-0.15, -0.1) is 0 Å². The zero-order valence-corrected chi connectivity index (χ0v) is 9.86. The molecule has 0 bridgehead atoms. The molecule has 1 N–H and O–H groups in total. The summed E-state index contributed by atoms with van der Waals surface area (Å²) >= 11 is 0. The highest BCUT2D eigenvalue weighted by Crippen LogP contribution is 2.20. The molecule has 6 heteroatoms. The molecule has 6 nitrogen and oxygen atoms in total. The van der Waals surface area contributed by atoms with Crippen molar-refractivity contribution < 1.29 is 14.4 Å². The van der Waals surface area contributed by atoms with Crippen LogP contribution in [0.1, 0.15) is 35.3 Å². The molecule has 18 heavy (non-hydrogen) atoms. The molecule has 1 saturated carbocycles. The second-order valence-electron chi connectivity index (χ2n) is 4.34. The van der Waals surface area contributed by atoms with Crippen LogP contribution in [0.2, 0.25) is 0 Å². The number of rotatable bonds is 2. The lowest BCUT2D eigenvalue weighted by Crippen LogP contribution is -2.37. The van der Waals surface area contributed by atoms with Crippen molar-refractivity contribution in [3.8, 4) is 0 Å². The highest BCUT2D eigenvalue weighted by atomic mass is 16.2. The second-order valence-corrected chi connectivity index (χ2v) is 4.34. The van der Waals surface area contributed by atoms with Crippen molar-refractivity contribution in [3.63, 3.8) is 0 Å². The SMILES string of the molecule is Cc1cc(C(=O)C2C(=O)CCCC2=O)c(=O)[nH]n1. The predicted octanol–water partition coefficient (Wildman–Crippen LogP) is 0.199. The van der Waals surface area contributed by atoms with Crippen LogP contribution < -0.4 is 5.56 Å². The Labute approximate surface area is 102 Å². The fourth-order valence-electron chi connectivity index (χ4n) is 2.04. The van der Waals surface area contributed by atoms with Gasteiger partial charge < -0.3 is 0 Å². The molecule has 1 aromatic heterocycles. The maximum atomic E-state index is 12.1. The van der Waals surface area contributed by atoms with Crippen LogP contribution in [-0.4, -0.2) is 27.5 Å². The van der Waals surface area contributed by atoms with Crippen molar-refractivity contribution in [1.82, 2.24) is 10.2 Å². The van der Waals surface area contributed by atoms with Gasteiger partial charge in [0.15, 0.2) is 17.3 Å². The van der Waals surface area contributed by atoms with Gasteiger partial charge in [0.2, 0.25) is 0 Å². The van der Waals surface area contributed by atoms with Crippen LogP contribution in [0.5, 0.6) is 0 Å². The van der Waals surface area contributed by atoms with Crippen molar-refractivity contribution in [2.75, 3.05) is 0 Å². The van der Waals surface area contributed by atoms with Crippen LogP contribution in [-0.2, 0) is 9.59 Å². The Kier molecular flexibility index (Phi) is 3.18. The molecule has 0 amide bonds. The zero-order valence-electron chi connectivity index (χ0n) is 9.86. The third-order valence-electron chi connectivity index (χ3n) is 2.95. The van der Waals surface area contributed by atoms with E-state index >= 15 is 0 Å². The van der Waals surface area contributed by atoms with Crippen LogP contribution in [0.4, 0.5) is 0 Å². The smallest absolute Gasteiger partial charge is 0.275 e. The molecule has 0 radical (unpaired) electrons. The summed E-state index contributed by atoms with van der Waals surface area (Å²) < 4.78 is 0. The summed E-state index contributed by atoms with van der Waals surface area (Å²) in [5.74, 6) is -2.81. The van der Waals surface area contributed by atoms with Gasteiger partial charge in [0.25, 0.3) is 5.56 Å². The van der Waals surface area contributed by atoms with Gasteiger partial charge in [-0.25, -0.2) is 5.10 Å². The van der Waals surface area contributed by atoms with E-state index in [9.17, 15) is 19.2 Å². The summed E-state index contributed by atoms with van der Waals surface area (Å²) in [6.07, 6.45) is 0.904. The summed E-state index contributed by atoms with van der Waals surface area (Å²) in [5, 5.41) is 5.81. The Balaban J connectivity index is 2.41. The molecule has 0 aromatic carbocycles. The number of carbonyl (C=O) groups is 3. The summed E-state index contributed by atoms with van der Waals surface area (Å²) in [4.78, 5) is 46.9. The normalized spacial score (nSPS) is 16.9. The summed E-state index contributed by atoms with van der Waals surface area (Å²) in [6, 6.07) is 1.30. The third kappa shape index (κ3) is 2.13. The molecule has 0 atom stereocenters. The fraction of sp³-hybridized carbons (Fsp3) is 0.417. The Morgan fingerprint density at radius 3 is 2.50 bits per heavy atom. The van der Waals surface area contributed by atoms with E-state index in [1.165, 1.54) is 6.07 Å². The van der Waals surface area contributed by atoms with E-state index in [1.54, 1.807) is 6.92 Å². The average molecular weight is 248 g/mol. The summed E-state index contributed by atoms with van der Waals surface area (Å²) in [7, 11) is 0. The monoisotopic (exact) mass is 248 g/mol. The Morgan fingerprint density at radius 2 is 1.89 bits per heavy atom. The predicted molar refractivity (Wildman–Crippen MR) is 61.3 cm³/mol. The number of ketones is 3. The first-order valence-electron chi connectivity index (χ1n) is 5.66. The number of nitrogens with zero attached hydrogens (tertiary/aromatic N) is 1. The lowest BCUT2D eigenvalue weighted by atomic mass is 9.82. The molecule has 0 saturated heterocycles. The van der Waals surface area contributed by atoms with Gasteiger partial charge in [-0.1, -0.05) is 0 Å². The molecule has 1 aromatic rings.